The Hall–Kier alpha value is -8.68. The molecule has 9 unspecified atom stereocenters. The summed E-state index contributed by atoms with van der Waals surface area (Å²) in [6.07, 6.45) is 7.82. The number of amides is 9. The summed E-state index contributed by atoms with van der Waals surface area (Å²) in [5, 5.41) is 43.3. The molecule has 15 N–H and O–H groups in total. The van der Waals surface area contributed by atoms with Crippen LogP contribution in [-0.2, 0) is 60.8 Å². The van der Waals surface area contributed by atoms with E-state index in [2.05, 4.69) is 57.5 Å². The number of carbonyl (C=O) groups excluding carboxylic acids is 10. The summed E-state index contributed by atoms with van der Waals surface area (Å²) in [5.41, 5.74) is 13.6. The van der Waals surface area contributed by atoms with Crippen LogP contribution in [0.4, 0.5) is 0 Å². The fourth-order valence-electron chi connectivity index (χ4n) is 10.9. The van der Waals surface area contributed by atoms with Gasteiger partial charge in [0.1, 0.15) is 54.1 Å². The van der Waals surface area contributed by atoms with Crippen LogP contribution in [-0.4, -0.2) is 165 Å². The number of aromatic amines is 1. The summed E-state index contributed by atoms with van der Waals surface area (Å²) in [7, 11) is 0. The number of fused-ring (bicyclic) bond motifs is 1. The van der Waals surface area contributed by atoms with Crippen LogP contribution in [0.15, 0.2) is 76.5 Å². The second-order valence-electron chi connectivity index (χ2n) is 23.3. The highest BCUT2D eigenvalue weighted by Gasteiger charge is 2.40. The summed E-state index contributed by atoms with van der Waals surface area (Å²) in [4.78, 5) is 153. The molecule has 3 aliphatic heterocycles. The lowest BCUT2D eigenvalue weighted by atomic mass is 9.98. The number of aliphatic hydroxyl groups excluding tert-OH is 1. The second kappa shape index (κ2) is 32.7. The maximum absolute atomic E-state index is 14.7. The highest BCUT2D eigenvalue weighted by Crippen LogP contribution is 2.24. The largest absolute Gasteiger partial charge is 0.508 e. The Morgan fingerprint density at radius 1 is 0.724 bits per heavy atom. The van der Waals surface area contributed by atoms with Gasteiger partial charge in [-0.3, -0.25) is 57.9 Å². The van der Waals surface area contributed by atoms with E-state index in [1.54, 1.807) is 24.7 Å². The fraction of sp³-hybridized carbons (Fsp3) is 0.541. The van der Waals surface area contributed by atoms with E-state index in [1.165, 1.54) is 29.2 Å². The van der Waals surface area contributed by atoms with E-state index in [9.17, 15) is 58.2 Å². The number of aromatic hydroxyl groups is 1. The molecule has 0 radical (unpaired) electrons. The van der Waals surface area contributed by atoms with Crippen molar-refractivity contribution in [2.24, 2.45) is 33.3 Å². The van der Waals surface area contributed by atoms with Gasteiger partial charge in [-0.2, -0.15) is 0 Å². The SMILES string of the molecule is CCCC(=O)C1CCCN1C(=O)C(CCCN=C(N)N)NC(=O)C(CC(C)C)NC(=O)C(CC(C)C)NC(=O)C(Cc1ccc(O)cc1)NC(=O)C(CO)NC(=O)C(Cc1c[nH]c2ccccc12)NC(=O)C(CC1=CN=CC1)NC(=O)C1CCC(=O)N1. The number of H-pyrrole nitrogens is 1. The first-order chi connectivity index (χ1) is 41.5. The maximum atomic E-state index is 14.7. The van der Waals surface area contributed by atoms with Gasteiger partial charge in [0.05, 0.1) is 12.6 Å². The molecule has 0 aliphatic carbocycles. The second-order valence-corrected chi connectivity index (χ2v) is 23.3. The summed E-state index contributed by atoms with van der Waals surface area (Å²) in [5.74, 6) is -7.07. The van der Waals surface area contributed by atoms with E-state index in [0.717, 1.165) is 10.9 Å². The summed E-state index contributed by atoms with van der Waals surface area (Å²) in [6, 6.07) is 1.94. The van der Waals surface area contributed by atoms with Gasteiger partial charge in [-0.15, -0.1) is 0 Å². The number of aliphatic hydroxyl groups is 1. The number of rotatable bonds is 33. The molecule has 6 rings (SSSR count). The average molecular weight is 1210 g/mol. The molecule has 0 saturated carbocycles. The molecule has 2 aromatic carbocycles. The lowest BCUT2D eigenvalue weighted by Gasteiger charge is -2.31. The third kappa shape index (κ3) is 20.2. The van der Waals surface area contributed by atoms with Crippen molar-refractivity contribution in [3.8, 4) is 5.75 Å². The summed E-state index contributed by atoms with van der Waals surface area (Å²) < 4.78 is 0. The minimum atomic E-state index is -1.74. The number of benzene rings is 2. The van der Waals surface area contributed by atoms with Crippen LogP contribution in [0, 0.1) is 11.8 Å². The first-order valence-electron chi connectivity index (χ1n) is 30.0. The van der Waals surface area contributed by atoms with Crippen molar-refractivity contribution in [2.75, 3.05) is 19.7 Å². The molecule has 0 spiro atoms. The van der Waals surface area contributed by atoms with Gasteiger partial charge in [0.15, 0.2) is 11.7 Å². The molecular formula is C61H86N14O12. The number of aliphatic imine (C=N–C) groups is 2. The van der Waals surface area contributed by atoms with E-state index in [-0.39, 0.29) is 93.1 Å². The Morgan fingerprint density at radius 2 is 1.30 bits per heavy atom. The molecule has 1 aromatic heterocycles. The van der Waals surface area contributed by atoms with Crippen molar-refractivity contribution in [3.63, 3.8) is 0 Å². The molecule has 9 atom stereocenters. The van der Waals surface area contributed by atoms with Crippen LogP contribution >= 0.6 is 0 Å². The van der Waals surface area contributed by atoms with Crippen molar-refractivity contribution in [1.82, 2.24) is 52.4 Å². The number of ketones is 1. The van der Waals surface area contributed by atoms with Gasteiger partial charge in [0, 0.05) is 74.7 Å². The number of nitrogens with two attached hydrogens (primary N) is 2. The van der Waals surface area contributed by atoms with E-state index in [1.807, 2.05) is 52.8 Å². The molecule has 472 valence electrons. The van der Waals surface area contributed by atoms with Gasteiger partial charge in [0.25, 0.3) is 0 Å². The fourth-order valence-corrected chi connectivity index (χ4v) is 10.9. The third-order valence-electron chi connectivity index (χ3n) is 15.3. The highest BCUT2D eigenvalue weighted by atomic mass is 16.3. The molecule has 26 nitrogen and oxygen atoms in total. The van der Waals surface area contributed by atoms with Gasteiger partial charge in [-0.25, -0.2) is 0 Å². The molecule has 4 heterocycles. The van der Waals surface area contributed by atoms with Crippen LogP contribution in [0.25, 0.3) is 10.9 Å². The normalized spacial score (nSPS) is 17.9. The quantitative estimate of drug-likeness (QED) is 0.0226. The number of nitrogens with zero attached hydrogens (tertiary/aromatic N) is 3. The van der Waals surface area contributed by atoms with Crippen molar-refractivity contribution < 1.29 is 58.2 Å². The predicted molar refractivity (Wildman–Crippen MR) is 325 cm³/mol. The summed E-state index contributed by atoms with van der Waals surface area (Å²) in [6.45, 7) is 8.68. The number of phenols is 1. The lowest BCUT2D eigenvalue weighted by molar-refractivity contribution is -0.141. The van der Waals surface area contributed by atoms with E-state index < -0.39 is 108 Å². The molecule has 3 aromatic rings. The van der Waals surface area contributed by atoms with Crippen molar-refractivity contribution in [2.45, 2.75) is 179 Å². The molecule has 87 heavy (non-hydrogen) atoms. The Balaban J connectivity index is 1.22. The predicted octanol–water partition coefficient (Wildman–Crippen LogP) is 0.578. The zero-order valence-corrected chi connectivity index (χ0v) is 50.2. The number of nitrogens with one attached hydrogen (secondary N) is 9. The number of Topliss-reactive ketones (excluding diaryl/α,β-unsaturated/α-hetero) is 1. The molecule has 2 fully saturated rings. The third-order valence-corrected chi connectivity index (χ3v) is 15.3. The Morgan fingerprint density at radius 3 is 1.87 bits per heavy atom. The smallest absolute Gasteiger partial charge is 0.245 e. The van der Waals surface area contributed by atoms with E-state index in [4.69, 9.17) is 11.5 Å². The van der Waals surface area contributed by atoms with Gasteiger partial charge >= 0.3 is 0 Å². The topological polar surface area (TPSA) is 403 Å². The van der Waals surface area contributed by atoms with Gasteiger partial charge in [-0.05, 0) is 105 Å². The number of aromatic nitrogens is 1. The van der Waals surface area contributed by atoms with Crippen LogP contribution < -0.4 is 54.0 Å². The van der Waals surface area contributed by atoms with Crippen molar-refractivity contribution in [3.05, 3.63) is 77.6 Å². The number of hydrogen-bond donors (Lipinski definition) is 13. The molecule has 3 aliphatic rings. The minimum Gasteiger partial charge on any atom is -0.508 e. The van der Waals surface area contributed by atoms with Crippen LogP contribution in [0.1, 0.15) is 123 Å². The molecule has 26 heteroatoms. The van der Waals surface area contributed by atoms with E-state index in [0.29, 0.717) is 61.8 Å². The van der Waals surface area contributed by atoms with Crippen molar-refractivity contribution in [1.29, 1.82) is 0 Å². The van der Waals surface area contributed by atoms with Crippen LogP contribution in [0.5, 0.6) is 5.75 Å². The number of guanidine groups is 1. The standard InChI is InChI=1S/C61H86N14O12/c1-6-11-51(78)50-15-10-25-75(50)60(87)43(14-9-23-65-61(62)63)68-54(81)44(26-34(2)3)69-55(82)45(27-35(4)5)70-56(83)46(28-36-16-18-39(77)19-17-36)72-59(86)49(33-76)74-58(85)48(30-38-32-66-41-13-8-7-12-40(38)41)73-57(84)47(29-37-22-24-64-31-37)71-53(80)42-20-21-52(79)67-42/h7-8,12-13,16-19,24,31-32,34-35,42-50,66,76-77H,6,9-11,14-15,20-23,25-30,33H2,1-5H3,(H,67,79)(H,68,81)(H,69,82)(H,70,83)(H,71,80)(H,72,86)(H,73,84)(H,74,85)(H4,62,63,65). The highest BCUT2D eigenvalue weighted by molar-refractivity contribution is 5.99. The summed E-state index contributed by atoms with van der Waals surface area (Å²) >= 11 is 0. The Labute approximate surface area is 506 Å². The monoisotopic (exact) mass is 1210 g/mol. The molecule has 0 bridgehead atoms. The number of likely N-dealkylation sites (tertiary alicyclic amines) is 1. The number of phenolic OH excluding ortho intramolecular Hbond substituents is 1. The molecular weight excluding hydrogens is 1120 g/mol. The lowest BCUT2D eigenvalue weighted by Crippen LogP contribution is -2.61. The van der Waals surface area contributed by atoms with Crippen molar-refractivity contribution >= 4 is 82.0 Å². The zero-order chi connectivity index (χ0) is 63.3. The molecule has 9 amide bonds. The van der Waals surface area contributed by atoms with E-state index >= 15 is 0 Å². The minimum absolute atomic E-state index is 0.00895. The first kappa shape index (κ1) is 67.4. The van der Waals surface area contributed by atoms with Gasteiger partial charge in [-0.1, -0.05) is 65.0 Å². The number of carbonyl (C=O) groups is 10. The zero-order valence-electron chi connectivity index (χ0n) is 50.2. The Bertz CT molecular complexity index is 3030. The maximum Gasteiger partial charge on any atom is 0.245 e. The number of para-hydroxylation sites is 1. The average Bonchev–Trinajstić information content (AvgIpc) is 2.39. The first-order valence-corrected chi connectivity index (χ1v) is 30.0. The Kier molecular flexibility index (Phi) is 25.4. The van der Waals surface area contributed by atoms with Gasteiger partial charge < -0.3 is 74.1 Å². The van der Waals surface area contributed by atoms with Crippen LogP contribution in [0.3, 0.4) is 0 Å². The van der Waals surface area contributed by atoms with Gasteiger partial charge in [0.2, 0.25) is 53.2 Å². The van der Waals surface area contributed by atoms with Crippen LogP contribution in [0.2, 0.25) is 0 Å². The number of hydrogen-bond acceptors (Lipinski definition) is 14. The molecule has 2 saturated heterocycles.